The average molecular weight is 420 g/mol. The predicted octanol–water partition coefficient (Wildman–Crippen LogP) is 4.55. The van der Waals surface area contributed by atoms with E-state index in [0.29, 0.717) is 18.5 Å². The number of aromatic nitrogens is 1. The normalized spacial score (nSPS) is 15.0. The van der Waals surface area contributed by atoms with Gasteiger partial charge in [0.2, 0.25) is 0 Å². The number of piperidine rings is 1. The van der Waals surface area contributed by atoms with Crippen LogP contribution < -0.4 is 10.1 Å². The maximum absolute atomic E-state index is 13.5. The summed E-state index contributed by atoms with van der Waals surface area (Å²) in [4.78, 5) is 15.6. The Bertz CT molecular complexity index is 1030. The lowest BCUT2D eigenvalue weighted by atomic mass is 9.96. The van der Waals surface area contributed by atoms with Gasteiger partial charge in [0.1, 0.15) is 11.4 Å². The van der Waals surface area contributed by atoms with Crippen LogP contribution in [0.4, 0.5) is 0 Å². The molecule has 1 aromatic heterocycles. The van der Waals surface area contributed by atoms with Crippen LogP contribution in [0.5, 0.6) is 5.75 Å². The molecule has 2 heterocycles. The van der Waals surface area contributed by atoms with Gasteiger partial charge < -0.3 is 19.5 Å². The molecule has 0 bridgehead atoms. The van der Waals surface area contributed by atoms with Crippen LogP contribution in [0.3, 0.4) is 0 Å². The second-order valence-electron chi connectivity index (χ2n) is 8.82. The van der Waals surface area contributed by atoms with Crippen LogP contribution in [0.15, 0.2) is 54.6 Å². The van der Waals surface area contributed by atoms with Crippen LogP contribution in [0.1, 0.15) is 42.7 Å². The Morgan fingerprint density at radius 2 is 1.87 bits per heavy atom. The van der Waals surface area contributed by atoms with E-state index >= 15 is 0 Å². The summed E-state index contributed by atoms with van der Waals surface area (Å²) in [6.07, 6.45) is 2.11. The summed E-state index contributed by atoms with van der Waals surface area (Å²) in [5, 5.41) is 4.64. The number of hydrogen-bond donors (Lipinski definition) is 1. The number of hydrogen-bond acceptors (Lipinski definition) is 3. The van der Waals surface area contributed by atoms with Crippen molar-refractivity contribution in [2.45, 2.75) is 39.3 Å². The SMILES string of the molecule is COc1cccc(Cn2c(C(=O)N3CCC(CNC(C)C)CC3)cc3ccccc32)c1. The van der Waals surface area contributed by atoms with E-state index in [2.05, 4.69) is 41.9 Å². The van der Waals surface area contributed by atoms with Gasteiger partial charge in [0.25, 0.3) is 5.91 Å². The van der Waals surface area contributed by atoms with Crippen LogP contribution in [-0.2, 0) is 6.54 Å². The van der Waals surface area contributed by atoms with Gasteiger partial charge in [-0.05, 0) is 55.1 Å². The molecule has 1 amide bonds. The molecule has 1 aliphatic rings. The van der Waals surface area contributed by atoms with E-state index < -0.39 is 0 Å². The Hall–Kier alpha value is -2.79. The van der Waals surface area contributed by atoms with Gasteiger partial charge in [-0.2, -0.15) is 0 Å². The van der Waals surface area contributed by atoms with E-state index in [1.165, 1.54) is 0 Å². The molecule has 4 rings (SSSR count). The molecule has 2 aromatic carbocycles. The van der Waals surface area contributed by atoms with E-state index in [9.17, 15) is 4.79 Å². The predicted molar refractivity (Wildman–Crippen MR) is 126 cm³/mol. The minimum atomic E-state index is 0.134. The summed E-state index contributed by atoms with van der Waals surface area (Å²) in [5.74, 6) is 1.61. The third kappa shape index (κ3) is 4.93. The smallest absolute Gasteiger partial charge is 0.270 e. The fraction of sp³-hybridized carbons (Fsp3) is 0.423. The van der Waals surface area contributed by atoms with E-state index in [4.69, 9.17) is 4.74 Å². The van der Waals surface area contributed by atoms with Gasteiger partial charge in [-0.15, -0.1) is 0 Å². The maximum atomic E-state index is 13.5. The van der Waals surface area contributed by atoms with Crippen molar-refractivity contribution < 1.29 is 9.53 Å². The highest BCUT2D eigenvalue weighted by atomic mass is 16.5. The third-order valence-electron chi connectivity index (χ3n) is 6.22. The largest absolute Gasteiger partial charge is 0.497 e. The molecule has 0 unspecified atom stereocenters. The first-order chi connectivity index (χ1) is 15.0. The number of nitrogens with one attached hydrogen (secondary N) is 1. The van der Waals surface area contributed by atoms with Crippen molar-refractivity contribution in [2.75, 3.05) is 26.7 Å². The second-order valence-corrected chi connectivity index (χ2v) is 8.82. The summed E-state index contributed by atoms with van der Waals surface area (Å²) in [5.41, 5.74) is 2.97. The Labute approximate surface area is 185 Å². The number of methoxy groups -OCH3 is 1. The lowest BCUT2D eigenvalue weighted by Gasteiger charge is -2.32. The molecule has 1 fully saturated rings. The summed E-state index contributed by atoms with van der Waals surface area (Å²) < 4.78 is 7.54. The van der Waals surface area contributed by atoms with Crippen molar-refractivity contribution in [3.8, 4) is 5.75 Å². The summed E-state index contributed by atoms with van der Waals surface area (Å²) in [7, 11) is 1.68. The molecule has 5 nitrogen and oxygen atoms in total. The molecule has 0 spiro atoms. The second kappa shape index (κ2) is 9.56. The Morgan fingerprint density at radius 3 is 2.61 bits per heavy atom. The van der Waals surface area contributed by atoms with Crippen molar-refractivity contribution in [1.29, 1.82) is 0 Å². The first kappa shape index (κ1) is 21.4. The number of ether oxygens (including phenoxy) is 1. The molecule has 1 N–H and O–H groups in total. The number of amides is 1. The molecule has 5 heteroatoms. The zero-order valence-corrected chi connectivity index (χ0v) is 18.8. The zero-order valence-electron chi connectivity index (χ0n) is 18.8. The van der Waals surface area contributed by atoms with Gasteiger partial charge in [-0.1, -0.05) is 44.2 Å². The molecule has 1 saturated heterocycles. The molecule has 0 atom stereocenters. The molecule has 0 saturated carbocycles. The van der Waals surface area contributed by atoms with Crippen molar-refractivity contribution in [1.82, 2.24) is 14.8 Å². The highest BCUT2D eigenvalue weighted by Crippen LogP contribution is 2.25. The lowest BCUT2D eigenvalue weighted by molar-refractivity contribution is 0.0679. The zero-order chi connectivity index (χ0) is 21.8. The molecular formula is C26H33N3O2. The Balaban J connectivity index is 1.56. The van der Waals surface area contributed by atoms with Crippen LogP contribution in [0, 0.1) is 5.92 Å². The summed E-state index contributed by atoms with van der Waals surface area (Å²) in [6.45, 7) is 7.68. The fourth-order valence-electron chi connectivity index (χ4n) is 4.42. The molecule has 1 aliphatic heterocycles. The highest BCUT2D eigenvalue weighted by Gasteiger charge is 2.26. The topological polar surface area (TPSA) is 46.5 Å². The van der Waals surface area contributed by atoms with Crippen molar-refractivity contribution >= 4 is 16.8 Å². The number of nitrogens with zero attached hydrogens (tertiary/aromatic N) is 2. The number of para-hydroxylation sites is 1. The number of carbonyl (C=O) groups excluding carboxylic acids is 1. The van der Waals surface area contributed by atoms with Gasteiger partial charge >= 0.3 is 0 Å². The summed E-state index contributed by atoms with van der Waals surface area (Å²) >= 11 is 0. The molecule has 3 aromatic rings. The lowest BCUT2D eigenvalue weighted by Crippen LogP contribution is -2.42. The average Bonchev–Trinajstić information content (AvgIpc) is 3.16. The monoisotopic (exact) mass is 419 g/mol. The standard InChI is InChI=1S/C26H33N3O2/c1-19(2)27-17-20-11-13-28(14-12-20)26(30)25-16-22-8-4-5-10-24(22)29(25)18-21-7-6-9-23(15-21)31-3/h4-10,15-16,19-20,27H,11-14,17-18H2,1-3H3. The van der Waals surface area contributed by atoms with Gasteiger partial charge in [0.05, 0.1) is 7.11 Å². The number of benzene rings is 2. The van der Waals surface area contributed by atoms with E-state index in [-0.39, 0.29) is 5.91 Å². The third-order valence-corrected chi connectivity index (χ3v) is 6.22. The molecule has 164 valence electrons. The number of rotatable bonds is 7. The van der Waals surface area contributed by atoms with Crippen molar-refractivity contribution in [3.05, 3.63) is 65.9 Å². The van der Waals surface area contributed by atoms with Crippen LogP contribution in [-0.4, -0.2) is 48.2 Å². The quantitative estimate of drug-likeness (QED) is 0.611. The highest BCUT2D eigenvalue weighted by molar-refractivity contribution is 5.99. The minimum Gasteiger partial charge on any atom is -0.497 e. The molecule has 31 heavy (non-hydrogen) atoms. The van der Waals surface area contributed by atoms with Crippen molar-refractivity contribution in [3.63, 3.8) is 0 Å². The fourth-order valence-corrected chi connectivity index (χ4v) is 4.42. The molecular weight excluding hydrogens is 386 g/mol. The van der Waals surface area contributed by atoms with E-state index in [0.717, 1.165) is 60.4 Å². The van der Waals surface area contributed by atoms with Crippen LogP contribution in [0.2, 0.25) is 0 Å². The minimum absolute atomic E-state index is 0.134. The van der Waals surface area contributed by atoms with Gasteiger partial charge in [-0.25, -0.2) is 0 Å². The van der Waals surface area contributed by atoms with Gasteiger partial charge in [-0.3, -0.25) is 4.79 Å². The first-order valence-electron chi connectivity index (χ1n) is 11.3. The molecule has 0 aliphatic carbocycles. The number of carbonyl (C=O) groups is 1. The number of fused-ring (bicyclic) bond motifs is 1. The van der Waals surface area contributed by atoms with E-state index in [1.807, 2.05) is 41.3 Å². The number of likely N-dealkylation sites (tertiary alicyclic amines) is 1. The van der Waals surface area contributed by atoms with Gasteiger partial charge in [0.15, 0.2) is 0 Å². The molecule has 0 radical (unpaired) electrons. The Morgan fingerprint density at radius 1 is 1.10 bits per heavy atom. The van der Waals surface area contributed by atoms with Gasteiger partial charge in [0, 0.05) is 36.6 Å². The maximum Gasteiger partial charge on any atom is 0.270 e. The van der Waals surface area contributed by atoms with E-state index in [1.54, 1.807) is 7.11 Å². The van der Waals surface area contributed by atoms with Crippen LogP contribution >= 0.6 is 0 Å². The summed E-state index contributed by atoms with van der Waals surface area (Å²) in [6, 6.07) is 18.9. The first-order valence-corrected chi connectivity index (χ1v) is 11.3. The van der Waals surface area contributed by atoms with Crippen LogP contribution in [0.25, 0.3) is 10.9 Å². The Kier molecular flexibility index (Phi) is 6.62. The van der Waals surface area contributed by atoms with Crippen molar-refractivity contribution in [2.24, 2.45) is 5.92 Å².